The lowest BCUT2D eigenvalue weighted by Gasteiger charge is -2.16. The van der Waals surface area contributed by atoms with Crippen molar-refractivity contribution in [3.8, 4) is 0 Å². The first-order chi connectivity index (χ1) is 17.4. The van der Waals surface area contributed by atoms with Gasteiger partial charge in [-0.3, -0.25) is 14.6 Å². The Morgan fingerprint density at radius 1 is 0.972 bits per heavy atom. The zero-order valence-electron chi connectivity index (χ0n) is 19.5. The number of nitrogens with zero attached hydrogens (tertiary/aromatic N) is 2. The number of nitrogens with one attached hydrogen (secondary N) is 4. The highest BCUT2D eigenvalue weighted by Crippen LogP contribution is 2.22. The Morgan fingerprint density at radius 3 is 2.53 bits per heavy atom. The molecule has 0 saturated carbocycles. The van der Waals surface area contributed by atoms with Crippen molar-refractivity contribution in [3.05, 3.63) is 82.3 Å². The molecule has 1 atom stereocenters. The number of ether oxygens (including phenoxy) is 1. The van der Waals surface area contributed by atoms with Crippen LogP contribution in [0.4, 0.5) is 11.5 Å². The molecule has 3 heterocycles. The number of hydrogen-bond acceptors (Lipinski definition) is 8. The van der Waals surface area contributed by atoms with Crippen molar-refractivity contribution in [2.24, 2.45) is 0 Å². The van der Waals surface area contributed by atoms with Crippen molar-refractivity contribution < 1.29 is 19.1 Å². The van der Waals surface area contributed by atoms with Crippen molar-refractivity contribution in [2.75, 3.05) is 37.4 Å². The number of carbonyl (C=O) groups is 3. The molecule has 11 heteroatoms. The highest BCUT2D eigenvalue weighted by Gasteiger charge is 2.19. The lowest BCUT2D eigenvalue weighted by Crippen LogP contribution is -2.28. The van der Waals surface area contributed by atoms with E-state index in [-0.39, 0.29) is 28.7 Å². The molecule has 1 aliphatic heterocycles. The number of methoxy groups -OCH3 is 1. The Morgan fingerprint density at radius 2 is 1.81 bits per heavy atom. The lowest BCUT2D eigenvalue weighted by molar-refractivity contribution is 0.0600. The molecule has 2 aromatic heterocycles. The van der Waals surface area contributed by atoms with E-state index in [4.69, 9.17) is 16.3 Å². The van der Waals surface area contributed by atoms with E-state index in [0.29, 0.717) is 10.6 Å². The predicted molar refractivity (Wildman–Crippen MR) is 135 cm³/mol. The molecule has 0 aliphatic carbocycles. The number of carbonyl (C=O) groups excluding carboxylic acids is 3. The van der Waals surface area contributed by atoms with Gasteiger partial charge >= 0.3 is 5.97 Å². The summed E-state index contributed by atoms with van der Waals surface area (Å²) in [5.41, 5.74) is 1.56. The van der Waals surface area contributed by atoms with Crippen LogP contribution in [0.3, 0.4) is 0 Å². The Hall–Kier alpha value is -3.86. The molecule has 0 bridgehead atoms. The first-order valence-corrected chi connectivity index (χ1v) is 11.7. The molecule has 1 saturated heterocycles. The average molecular weight is 509 g/mol. The second-order valence-corrected chi connectivity index (χ2v) is 8.49. The van der Waals surface area contributed by atoms with Crippen LogP contribution in [0, 0.1) is 0 Å². The number of hydrogen-bond donors (Lipinski definition) is 4. The first-order valence-electron chi connectivity index (χ1n) is 11.3. The van der Waals surface area contributed by atoms with Gasteiger partial charge in [-0.15, -0.1) is 0 Å². The third-order valence-electron chi connectivity index (χ3n) is 5.58. The Labute approximate surface area is 212 Å². The van der Waals surface area contributed by atoms with Gasteiger partial charge in [0.05, 0.1) is 46.2 Å². The van der Waals surface area contributed by atoms with Gasteiger partial charge in [0.2, 0.25) is 0 Å². The van der Waals surface area contributed by atoms with E-state index in [9.17, 15) is 14.4 Å². The number of pyridine rings is 2. The fourth-order valence-electron chi connectivity index (χ4n) is 3.68. The lowest BCUT2D eigenvalue weighted by atomic mass is 10.1. The summed E-state index contributed by atoms with van der Waals surface area (Å²) in [5, 5.41) is 12.6. The first kappa shape index (κ1) is 25.2. The van der Waals surface area contributed by atoms with Crippen LogP contribution in [0.15, 0.2) is 54.9 Å². The van der Waals surface area contributed by atoms with Crippen molar-refractivity contribution >= 4 is 40.9 Å². The standard InChI is InChI=1S/C25H25ClN6O4/c1-36-25(35)15-3-6-18(24(34)32-22-8-5-17(26)13-30-22)20(11-15)31-23(33)16-4-7-19(29-12-16)21-14-27-9-2-10-28-21/h3-8,11-13,21,27-28H,2,9-10,14H2,1H3,(H,31,33)(H,30,32,34). The monoisotopic (exact) mass is 508 g/mol. The molecule has 1 fully saturated rings. The van der Waals surface area contributed by atoms with Crippen molar-refractivity contribution in [2.45, 2.75) is 12.5 Å². The van der Waals surface area contributed by atoms with E-state index in [1.165, 1.54) is 37.7 Å². The molecule has 1 aromatic carbocycles. The fraction of sp³-hybridized carbons (Fsp3) is 0.240. The highest BCUT2D eigenvalue weighted by atomic mass is 35.5. The van der Waals surface area contributed by atoms with Crippen LogP contribution in [0.2, 0.25) is 5.02 Å². The average Bonchev–Trinajstić information content (AvgIpc) is 3.19. The number of benzene rings is 1. The molecule has 4 N–H and O–H groups in total. The molecule has 0 radical (unpaired) electrons. The van der Waals surface area contributed by atoms with E-state index in [2.05, 4.69) is 31.2 Å². The van der Waals surface area contributed by atoms with Gasteiger partial charge < -0.3 is 26.0 Å². The zero-order chi connectivity index (χ0) is 25.5. The summed E-state index contributed by atoms with van der Waals surface area (Å²) in [5.74, 6) is -1.34. The number of halogens is 1. The van der Waals surface area contributed by atoms with Crippen LogP contribution < -0.4 is 21.3 Å². The van der Waals surface area contributed by atoms with Crippen LogP contribution in [-0.2, 0) is 4.74 Å². The van der Waals surface area contributed by atoms with E-state index >= 15 is 0 Å². The number of aromatic nitrogens is 2. The summed E-state index contributed by atoms with van der Waals surface area (Å²) in [7, 11) is 1.25. The number of esters is 1. The van der Waals surface area contributed by atoms with Crippen LogP contribution in [0.1, 0.15) is 49.2 Å². The third-order valence-corrected chi connectivity index (χ3v) is 5.80. The largest absolute Gasteiger partial charge is 0.465 e. The third kappa shape index (κ3) is 6.22. The minimum Gasteiger partial charge on any atom is -0.465 e. The quantitative estimate of drug-likeness (QED) is 0.373. The summed E-state index contributed by atoms with van der Waals surface area (Å²) in [4.78, 5) is 46.5. The van der Waals surface area contributed by atoms with Gasteiger partial charge in [-0.2, -0.15) is 0 Å². The van der Waals surface area contributed by atoms with Crippen molar-refractivity contribution in [3.63, 3.8) is 0 Å². The Kier molecular flexibility index (Phi) is 8.21. The summed E-state index contributed by atoms with van der Waals surface area (Å²) in [6, 6.07) is 10.9. The van der Waals surface area contributed by atoms with Gasteiger partial charge in [-0.25, -0.2) is 9.78 Å². The highest BCUT2D eigenvalue weighted by molar-refractivity contribution is 6.30. The van der Waals surface area contributed by atoms with Crippen LogP contribution in [-0.4, -0.2) is 54.5 Å². The smallest absolute Gasteiger partial charge is 0.337 e. The van der Waals surface area contributed by atoms with Gasteiger partial charge in [0.1, 0.15) is 5.82 Å². The Bertz CT molecular complexity index is 1240. The van der Waals surface area contributed by atoms with Gasteiger partial charge in [0.25, 0.3) is 11.8 Å². The fourth-order valence-corrected chi connectivity index (χ4v) is 3.79. The molecular formula is C25H25ClN6O4. The van der Waals surface area contributed by atoms with Crippen LogP contribution in [0.25, 0.3) is 0 Å². The van der Waals surface area contributed by atoms with Gasteiger partial charge in [-0.05, 0) is 62.0 Å². The predicted octanol–water partition coefficient (Wildman–Crippen LogP) is 3.05. The van der Waals surface area contributed by atoms with E-state index in [0.717, 1.165) is 31.7 Å². The maximum absolute atomic E-state index is 13.0. The van der Waals surface area contributed by atoms with Crippen LogP contribution in [0.5, 0.6) is 0 Å². The molecule has 0 spiro atoms. The molecule has 4 rings (SSSR count). The van der Waals surface area contributed by atoms with Crippen LogP contribution >= 0.6 is 11.6 Å². The second kappa shape index (κ2) is 11.7. The SMILES string of the molecule is COC(=O)c1ccc(C(=O)Nc2ccc(Cl)cn2)c(NC(=O)c2ccc(C3CNCCCN3)nc2)c1. The number of amides is 2. The summed E-state index contributed by atoms with van der Waals surface area (Å²) in [6.07, 6.45) is 3.92. The summed E-state index contributed by atoms with van der Waals surface area (Å²) >= 11 is 5.85. The van der Waals surface area contributed by atoms with Crippen molar-refractivity contribution in [1.82, 2.24) is 20.6 Å². The molecule has 36 heavy (non-hydrogen) atoms. The molecule has 2 amide bonds. The van der Waals surface area contributed by atoms with Gasteiger partial charge in [0.15, 0.2) is 0 Å². The molecule has 1 aliphatic rings. The molecule has 3 aromatic rings. The topological polar surface area (TPSA) is 134 Å². The minimum atomic E-state index is -0.604. The maximum atomic E-state index is 13.0. The van der Waals surface area contributed by atoms with E-state index in [1.54, 1.807) is 24.3 Å². The van der Waals surface area contributed by atoms with Crippen molar-refractivity contribution in [1.29, 1.82) is 0 Å². The molecule has 1 unspecified atom stereocenters. The van der Waals surface area contributed by atoms with E-state index < -0.39 is 17.8 Å². The van der Waals surface area contributed by atoms with E-state index in [1.807, 2.05) is 0 Å². The molecule has 186 valence electrons. The van der Waals surface area contributed by atoms with Gasteiger partial charge in [0, 0.05) is 18.9 Å². The number of rotatable bonds is 6. The maximum Gasteiger partial charge on any atom is 0.337 e. The zero-order valence-corrected chi connectivity index (χ0v) is 20.3. The van der Waals surface area contributed by atoms with Gasteiger partial charge in [-0.1, -0.05) is 11.6 Å². The second-order valence-electron chi connectivity index (χ2n) is 8.06. The minimum absolute atomic E-state index is 0.0538. The molecular weight excluding hydrogens is 484 g/mol. The summed E-state index contributed by atoms with van der Waals surface area (Å²) in [6.45, 7) is 2.58. The summed E-state index contributed by atoms with van der Waals surface area (Å²) < 4.78 is 4.77. The number of anilines is 2. The molecule has 10 nitrogen and oxygen atoms in total. The Balaban J connectivity index is 1.55. The normalized spacial score (nSPS) is 15.4.